The van der Waals surface area contributed by atoms with E-state index in [-0.39, 0.29) is 5.41 Å². The summed E-state index contributed by atoms with van der Waals surface area (Å²) in [6.45, 7) is 4.75. The quantitative estimate of drug-likeness (QED) is 0.161. The molecule has 12 rings (SSSR count). The monoisotopic (exact) mass is 817 g/mol. The summed E-state index contributed by atoms with van der Waals surface area (Å²) in [7, 11) is 0. The number of hydrogen-bond acceptors (Lipinski definition) is 3. The number of fused-ring (bicyclic) bond motifs is 6. The minimum absolute atomic E-state index is 0.123. The van der Waals surface area contributed by atoms with Crippen LogP contribution in [0.3, 0.4) is 0 Å². The standard InChI is InChI=1S/C61H43N3/c1-61(2)56-32-30-43(39-17-7-3-8-18-39)34-55(56)50-31-29-45(37-57(50)61)48-27-16-28-49-52-36-47(40-19-9-4-10-20-40)35-51(54(52)38-53(48)49)44-25-15-26-46(33-44)60-63-58(41-21-11-5-12-22-41)62-59(64-60)42-23-13-6-14-24-42/h3-37H,38H2,1-2H3. The van der Waals surface area contributed by atoms with Gasteiger partial charge in [0.1, 0.15) is 0 Å². The summed E-state index contributed by atoms with van der Waals surface area (Å²) < 4.78 is 0. The molecular formula is C61H43N3. The molecule has 10 aromatic rings. The predicted octanol–water partition coefficient (Wildman–Crippen LogP) is 15.4. The molecule has 0 bridgehead atoms. The molecule has 0 saturated carbocycles. The molecule has 9 aromatic carbocycles. The Morgan fingerprint density at radius 1 is 0.281 bits per heavy atom. The average molecular weight is 818 g/mol. The van der Waals surface area contributed by atoms with E-state index in [2.05, 4.69) is 190 Å². The van der Waals surface area contributed by atoms with E-state index in [0.29, 0.717) is 17.5 Å². The molecule has 0 fully saturated rings. The van der Waals surface area contributed by atoms with Gasteiger partial charge < -0.3 is 0 Å². The van der Waals surface area contributed by atoms with Crippen molar-refractivity contribution in [1.29, 1.82) is 0 Å². The second-order valence-electron chi connectivity index (χ2n) is 17.6. The van der Waals surface area contributed by atoms with E-state index in [1.807, 2.05) is 36.4 Å². The number of benzene rings is 9. The molecule has 302 valence electrons. The lowest BCUT2D eigenvalue weighted by Gasteiger charge is -2.22. The molecule has 3 nitrogen and oxygen atoms in total. The largest absolute Gasteiger partial charge is 0.208 e. The van der Waals surface area contributed by atoms with E-state index < -0.39 is 0 Å². The van der Waals surface area contributed by atoms with E-state index in [9.17, 15) is 0 Å². The van der Waals surface area contributed by atoms with Crippen molar-refractivity contribution >= 4 is 0 Å². The van der Waals surface area contributed by atoms with E-state index in [4.69, 9.17) is 15.0 Å². The van der Waals surface area contributed by atoms with E-state index in [1.165, 1.54) is 83.5 Å². The first-order valence-corrected chi connectivity index (χ1v) is 22.1. The van der Waals surface area contributed by atoms with Gasteiger partial charge in [-0.3, -0.25) is 0 Å². The Hall–Kier alpha value is -8.01. The van der Waals surface area contributed by atoms with Crippen LogP contribution in [0.25, 0.3) is 101 Å². The Labute approximate surface area is 374 Å². The molecule has 0 unspecified atom stereocenters. The summed E-state index contributed by atoms with van der Waals surface area (Å²) in [5, 5.41) is 0. The molecule has 2 aliphatic rings. The third-order valence-corrected chi connectivity index (χ3v) is 13.4. The minimum atomic E-state index is -0.123. The first-order valence-electron chi connectivity index (χ1n) is 22.1. The molecule has 3 heteroatoms. The van der Waals surface area contributed by atoms with Crippen LogP contribution in [0.5, 0.6) is 0 Å². The fourth-order valence-electron chi connectivity index (χ4n) is 10.1. The zero-order valence-corrected chi connectivity index (χ0v) is 35.8. The van der Waals surface area contributed by atoms with Gasteiger partial charge in [0.05, 0.1) is 0 Å². The highest BCUT2D eigenvalue weighted by atomic mass is 15.0. The van der Waals surface area contributed by atoms with Crippen molar-refractivity contribution in [2.45, 2.75) is 25.7 Å². The maximum Gasteiger partial charge on any atom is 0.164 e. The van der Waals surface area contributed by atoms with Crippen molar-refractivity contribution in [3.63, 3.8) is 0 Å². The summed E-state index contributed by atoms with van der Waals surface area (Å²) in [6, 6.07) is 76.5. The lowest BCUT2D eigenvalue weighted by Crippen LogP contribution is -2.15. The van der Waals surface area contributed by atoms with Gasteiger partial charge in [-0.05, 0) is 126 Å². The van der Waals surface area contributed by atoms with Gasteiger partial charge in [0.2, 0.25) is 0 Å². The van der Waals surface area contributed by atoms with Gasteiger partial charge in [-0.25, -0.2) is 15.0 Å². The Balaban J connectivity index is 0.972. The second kappa shape index (κ2) is 15.1. The lowest BCUT2D eigenvalue weighted by molar-refractivity contribution is 0.660. The lowest BCUT2D eigenvalue weighted by atomic mass is 9.81. The van der Waals surface area contributed by atoms with Crippen molar-refractivity contribution < 1.29 is 0 Å². The van der Waals surface area contributed by atoms with Crippen LogP contribution in [0.2, 0.25) is 0 Å². The molecule has 0 aliphatic heterocycles. The Kier molecular flexibility index (Phi) is 8.91. The SMILES string of the molecule is CC1(C)c2ccc(-c3ccccc3)cc2-c2ccc(-c3cccc4c3Cc3c(-c5cccc(-c6nc(-c7ccccc7)nc(-c7ccccc7)n6)c5)cc(-c5ccccc5)cc3-4)cc21. The number of nitrogens with zero attached hydrogens (tertiary/aromatic N) is 3. The van der Waals surface area contributed by atoms with Gasteiger partial charge >= 0.3 is 0 Å². The molecule has 64 heavy (non-hydrogen) atoms. The van der Waals surface area contributed by atoms with Crippen molar-refractivity contribution in [2.75, 3.05) is 0 Å². The molecule has 2 aliphatic carbocycles. The molecule has 1 heterocycles. The first-order chi connectivity index (χ1) is 31.5. The van der Waals surface area contributed by atoms with Crippen LogP contribution in [0.15, 0.2) is 212 Å². The molecule has 0 amide bonds. The van der Waals surface area contributed by atoms with Crippen LogP contribution < -0.4 is 0 Å². The summed E-state index contributed by atoms with van der Waals surface area (Å²) >= 11 is 0. The zero-order chi connectivity index (χ0) is 42.8. The number of hydrogen-bond donors (Lipinski definition) is 0. The van der Waals surface area contributed by atoms with E-state index in [1.54, 1.807) is 0 Å². The van der Waals surface area contributed by atoms with E-state index in [0.717, 1.165) is 28.7 Å². The van der Waals surface area contributed by atoms with Crippen LogP contribution in [0.1, 0.15) is 36.1 Å². The van der Waals surface area contributed by atoms with Gasteiger partial charge in [-0.1, -0.05) is 196 Å². The average Bonchev–Trinajstić information content (AvgIpc) is 3.85. The van der Waals surface area contributed by atoms with Crippen LogP contribution in [0.4, 0.5) is 0 Å². The topological polar surface area (TPSA) is 38.7 Å². The van der Waals surface area contributed by atoms with Gasteiger partial charge in [-0.2, -0.15) is 0 Å². The smallest absolute Gasteiger partial charge is 0.164 e. The van der Waals surface area contributed by atoms with Crippen LogP contribution in [-0.2, 0) is 11.8 Å². The van der Waals surface area contributed by atoms with Crippen LogP contribution in [0, 0.1) is 0 Å². The highest BCUT2D eigenvalue weighted by Gasteiger charge is 2.36. The molecule has 0 saturated heterocycles. The Morgan fingerprint density at radius 3 is 1.41 bits per heavy atom. The normalized spacial score (nSPS) is 12.9. The summed E-state index contributed by atoms with van der Waals surface area (Å²) in [5.41, 5.74) is 23.3. The first kappa shape index (κ1) is 37.7. The predicted molar refractivity (Wildman–Crippen MR) is 264 cm³/mol. The van der Waals surface area contributed by atoms with Crippen LogP contribution in [-0.4, -0.2) is 15.0 Å². The molecule has 0 radical (unpaired) electrons. The Bertz CT molecular complexity index is 3350. The second-order valence-corrected chi connectivity index (χ2v) is 17.6. The maximum atomic E-state index is 5.09. The summed E-state index contributed by atoms with van der Waals surface area (Å²) in [5.74, 6) is 1.95. The zero-order valence-electron chi connectivity index (χ0n) is 35.8. The third-order valence-electron chi connectivity index (χ3n) is 13.4. The minimum Gasteiger partial charge on any atom is -0.208 e. The number of aromatic nitrogens is 3. The molecule has 0 spiro atoms. The summed E-state index contributed by atoms with van der Waals surface area (Å²) in [4.78, 5) is 15.1. The molecule has 0 atom stereocenters. The fraction of sp³-hybridized carbons (Fsp3) is 0.0656. The van der Waals surface area contributed by atoms with E-state index >= 15 is 0 Å². The van der Waals surface area contributed by atoms with Crippen molar-refractivity contribution in [3.05, 3.63) is 235 Å². The fourth-order valence-corrected chi connectivity index (χ4v) is 10.1. The summed E-state index contributed by atoms with van der Waals surface area (Å²) in [6.07, 6.45) is 0.832. The molecular weight excluding hydrogens is 775 g/mol. The van der Waals surface area contributed by atoms with Gasteiger partial charge in [0.25, 0.3) is 0 Å². The van der Waals surface area contributed by atoms with Crippen molar-refractivity contribution in [1.82, 2.24) is 15.0 Å². The molecule has 0 N–H and O–H groups in total. The van der Waals surface area contributed by atoms with Gasteiger partial charge in [0, 0.05) is 22.1 Å². The molecule has 1 aromatic heterocycles. The third kappa shape index (κ3) is 6.39. The number of rotatable bonds is 7. The van der Waals surface area contributed by atoms with Crippen LogP contribution >= 0.6 is 0 Å². The van der Waals surface area contributed by atoms with Gasteiger partial charge in [0.15, 0.2) is 17.5 Å². The highest BCUT2D eigenvalue weighted by Crippen LogP contribution is 2.52. The van der Waals surface area contributed by atoms with Gasteiger partial charge in [-0.15, -0.1) is 0 Å². The van der Waals surface area contributed by atoms with Crippen molar-refractivity contribution in [2.24, 2.45) is 0 Å². The highest BCUT2D eigenvalue weighted by molar-refractivity contribution is 5.94. The Morgan fingerprint density at radius 2 is 0.750 bits per heavy atom. The maximum absolute atomic E-state index is 5.09. The van der Waals surface area contributed by atoms with Crippen molar-refractivity contribution in [3.8, 4) is 101 Å².